The first-order chi connectivity index (χ1) is 26.9. The number of ether oxygens (including phenoxy) is 2. The van der Waals surface area contributed by atoms with Crippen molar-refractivity contribution in [3.05, 3.63) is 29.1 Å². The molecule has 8 rings (SSSR count). The number of benzene rings is 1. The summed E-state index contributed by atoms with van der Waals surface area (Å²) < 4.78 is 147. The SMILES string of the molecule is CC[C@@H](OS(=O)(=O)CC)C(=O)N1[C@@H]2CC[C@H]1[C@H]1[C@H](C)Oc3nc(-c4cc(N)c(F)c(F)c4C(F)(F)F)c(F)c4nc(OC[C@@]56CCCN5C[C@H](F)C6)nc(c34)N1C2. The molecule has 57 heavy (non-hydrogen) atoms. The van der Waals surface area contributed by atoms with E-state index in [1.165, 1.54) is 6.92 Å². The number of hydrogen-bond donors (Lipinski definition) is 1. The number of piperazine rings is 1. The average Bonchev–Trinajstić information content (AvgIpc) is 3.76. The maximum Gasteiger partial charge on any atom is 0.419 e. The summed E-state index contributed by atoms with van der Waals surface area (Å²) in [4.78, 5) is 32.5. The number of aromatic nitrogens is 3. The van der Waals surface area contributed by atoms with Gasteiger partial charge >= 0.3 is 12.2 Å². The lowest BCUT2D eigenvalue weighted by atomic mass is 9.95. The Morgan fingerprint density at radius 2 is 1.86 bits per heavy atom. The van der Waals surface area contributed by atoms with Gasteiger partial charge in [0.2, 0.25) is 5.88 Å². The highest BCUT2D eigenvalue weighted by molar-refractivity contribution is 7.86. The third kappa shape index (κ3) is 6.47. The summed E-state index contributed by atoms with van der Waals surface area (Å²) in [7, 11) is -4.01. The zero-order valence-corrected chi connectivity index (χ0v) is 31.9. The molecule has 2 aromatic heterocycles. The average molecular weight is 832 g/mol. The fraction of sp³-hybridized carbons (Fsp3) is 0.611. The number of carbonyl (C=O) groups is 1. The van der Waals surface area contributed by atoms with Crippen LogP contribution in [-0.2, 0) is 25.3 Å². The van der Waals surface area contributed by atoms with Gasteiger partial charge in [0.25, 0.3) is 16.0 Å². The number of nitrogens with two attached hydrogens (primary N) is 1. The largest absolute Gasteiger partial charge is 0.472 e. The van der Waals surface area contributed by atoms with Crippen LogP contribution < -0.4 is 20.1 Å². The van der Waals surface area contributed by atoms with Gasteiger partial charge in [0.15, 0.2) is 23.6 Å². The Bertz CT molecular complexity index is 2250. The highest BCUT2D eigenvalue weighted by Crippen LogP contribution is 2.49. The molecule has 7 heterocycles. The second-order valence-electron chi connectivity index (χ2n) is 15.4. The molecule has 4 fully saturated rings. The van der Waals surface area contributed by atoms with E-state index in [2.05, 4.69) is 9.97 Å². The Hall–Kier alpha value is -4.24. The highest BCUT2D eigenvalue weighted by Gasteiger charge is 2.55. The van der Waals surface area contributed by atoms with E-state index in [9.17, 15) is 35.2 Å². The van der Waals surface area contributed by atoms with Crippen molar-refractivity contribution in [1.29, 1.82) is 0 Å². The summed E-state index contributed by atoms with van der Waals surface area (Å²) in [5.74, 6) is -7.11. The van der Waals surface area contributed by atoms with E-state index in [1.54, 1.807) is 23.6 Å². The quantitative estimate of drug-likeness (QED) is 0.173. The topological polar surface area (TPSA) is 153 Å². The molecule has 1 amide bonds. The molecule has 0 unspecified atom stereocenters. The van der Waals surface area contributed by atoms with Crippen LogP contribution in [0.25, 0.3) is 22.2 Å². The molecule has 0 radical (unpaired) electrons. The number of rotatable bonds is 9. The first-order valence-electron chi connectivity index (χ1n) is 18.8. The molecule has 1 aromatic carbocycles. The fourth-order valence-electron chi connectivity index (χ4n) is 9.46. The van der Waals surface area contributed by atoms with Crippen LogP contribution in [0.15, 0.2) is 6.07 Å². The van der Waals surface area contributed by atoms with Gasteiger partial charge in [-0.1, -0.05) is 6.92 Å². The number of halogens is 7. The molecule has 5 aliphatic rings. The third-order valence-corrected chi connectivity index (χ3v) is 13.2. The predicted octanol–water partition coefficient (Wildman–Crippen LogP) is 5.14. The summed E-state index contributed by atoms with van der Waals surface area (Å²) >= 11 is 0. The molecule has 3 aromatic rings. The van der Waals surface area contributed by atoms with Crippen molar-refractivity contribution in [2.75, 3.05) is 42.6 Å². The van der Waals surface area contributed by atoms with Crippen molar-refractivity contribution in [3.8, 4) is 23.1 Å². The lowest BCUT2D eigenvalue weighted by Crippen LogP contribution is -2.66. The number of nitrogen functional groups attached to an aromatic ring is 1. The summed E-state index contributed by atoms with van der Waals surface area (Å²) in [5, 5.41) is -0.157. The van der Waals surface area contributed by atoms with Crippen LogP contribution in [0.4, 0.5) is 42.2 Å². The minimum Gasteiger partial charge on any atom is -0.472 e. The molecule has 2 N–H and O–H groups in total. The molecule has 0 saturated carbocycles. The fourth-order valence-corrected chi connectivity index (χ4v) is 10.2. The van der Waals surface area contributed by atoms with E-state index < -0.39 is 122 Å². The van der Waals surface area contributed by atoms with Crippen molar-refractivity contribution >= 4 is 38.4 Å². The van der Waals surface area contributed by atoms with Crippen LogP contribution in [0.2, 0.25) is 0 Å². The van der Waals surface area contributed by atoms with E-state index in [0.29, 0.717) is 31.9 Å². The Labute approximate surface area is 322 Å². The Morgan fingerprint density at radius 1 is 1.11 bits per heavy atom. The molecule has 21 heteroatoms. The number of nitrogens with zero attached hydrogens (tertiary/aromatic N) is 6. The zero-order valence-electron chi connectivity index (χ0n) is 31.1. The predicted molar refractivity (Wildman–Crippen MR) is 190 cm³/mol. The first-order valence-corrected chi connectivity index (χ1v) is 20.4. The number of amides is 1. The summed E-state index contributed by atoms with van der Waals surface area (Å²) in [5.41, 5.74) is -1.22. The number of carbonyl (C=O) groups excluding carboxylic acids is 1. The van der Waals surface area contributed by atoms with Crippen LogP contribution >= 0.6 is 0 Å². The molecule has 0 spiro atoms. The molecule has 4 saturated heterocycles. The van der Waals surface area contributed by atoms with Crippen molar-refractivity contribution < 1.29 is 57.6 Å². The Morgan fingerprint density at radius 3 is 2.56 bits per heavy atom. The lowest BCUT2D eigenvalue weighted by molar-refractivity contribution is -0.143. The van der Waals surface area contributed by atoms with Crippen LogP contribution in [0, 0.1) is 17.5 Å². The van der Waals surface area contributed by atoms with Gasteiger partial charge in [-0.15, -0.1) is 0 Å². The van der Waals surface area contributed by atoms with Crippen LogP contribution in [-0.4, -0.2) is 113 Å². The second-order valence-corrected chi connectivity index (χ2v) is 17.2. The zero-order chi connectivity index (χ0) is 40.9. The number of fused-ring (bicyclic) bond motifs is 6. The second kappa shape index (κ2) is 14.0. The molecular formula is C36H40F7N7O6S. The minimum absolute atomic E-state index is 0.0227. The number of anilines is 2. The Kier molecular flexibility index (Phi) is 9.69. The van der Waals surface area contributed by atoms with E-state index in [0.717, 1.165) is 6.42 Å². The lowest BCUT2D eigenvalue weighted by Gasteiger charge is -2.48. The molecule has 0 aliphatic carbocycles. The van der Waals surface area contributed by atoms with Crippen molar-refractivity contribution in [3.63, 3.8) is 0 Å². The summed E-state index contributed by atoms with van der Waals surface area (Å²) in [6, 6.07) is -1.88. The van der Waals surface area contributed by atoms with Crippen molar-refractivity contribution in [1.82, 2.24) is 24.8 Å². The van der Waals surface area contributed by atoms with Gasteiger partial charge in [-0.3, -0.25) is 13.9 Å². The molecule has 2 bridgehead atoms. The molecule has 310 valence electrons. The number of pyridine rings is 1. The maximum absolute atomic E-state index is 17.0. The van der Waals surface area contributed by atoms with Gasteiger partial charge < -0.3 is 25.0 Å². The first kappa shape index (κ1) is 39.6. The van der Waals surface area contributed by atoms with E-state index in [-0.39, 0.29) is 49.5 Å². The minimum atomic E-state index is -5.53. The maximum atomic E-state index is 17.0. The van der Waals surface area contributed by atoms with Gasteiger partial charge in [-0.05, 0) is 58.6 Å². The monoisotopic (exact) mass is 831 g/mol. The smallest absolute Gasteiger partial charge is 0.419 e. The van der Waals surface area contributed by atoms with E-state index in [4.69, 9.17) is 24.4 Å². The normalized spacial score (nSPS) is 27.6. The number of hydrogen-bond acceptors (Lipinski definition) is 12. The van der Waals surface area contributed by atoms with Gasteiger partial charge in [0.1, 0.15) is 46.9 Å². The van der Waals surface area contributed by atoms with E-state index in [1.807, 2.05) is 4.90 Å². The summed E-state index contributed by atoms with van der Waals surface area (Å²) in [6.07, 6.45) is -6.37. The van der Waals surface area contributed by atoms with Crippen LogP contribution in [0.3, 0.4) is 0 Å². The molecule has 7 atom stereocenters. The van der Waals surface area contributed by atoms with Gasteiger partial charge in [0.05, 0.1) is 29.1 Å². The molecular weight excluding hydrogens is 791 g/mol. The highest BCUT2D eigenvalue weighted by atomic mass is 32.2. The van der Waals surface area contributed by atoms with Crippen LogP contribution in [0.5, 0.6) is 11.9 Å². The van der Waals surface area contributed by atoms with Crippen molar-refractivity contribution in [2.45, 2.75) is 108 Å². The third-order valence-electron chi connectivity index (χ3n) is 12.0. The van der Waals surface area contributed by atoms with Crippen LogP contribution in [0.1, 0.15) is 64.9 Å². The molecule has 13 nitrogen and oxygen atoms in total. The van der Waals surface area contributed by atoms with Crippen molar-refractivity contribution in [2.24, 2.45) is 0 Å². The Balaban J connectivity index is 1.28. The molecule has 5 aliphatic heterocycles. The van der Waals surface area contributed by atoms with E-state index >= 15 is 8.78 Å². The van der Waals surface area contributed by atoms with Gasteiger partial charge in [-0.25, -0.2) is 22.5 Å². The summed E-state index contributed by atoms with van der Waals surface area (Å²) in [6.45, 7) is 5.44. The standard InChI is InChI=1S/C36H40F7N7O6S/c1-4-22(56-57(52,53)5-2)33(51)50-18-7-8-21(50)30-16(3)55-32-23-29(27(40)28(45-32)19-11-20(44)25(38)26(39)24(19)36(41,42)43)46-34(47-31(23)49(30)14-18)54-15-35-9-6-10-48(35)13-17(37)12-35/h11,16-18,21-22,30H,4-10,12-15,44H2,1-3H3/t16-,17+,18+,21-,22+,30+,35-/m0/s1. The van der Waals surface area contributed by atoms with Gasteiger partial charge in [0, 0.05) is 31.1 Å². The van der Waals surface area contributed by atoms with Gasteiger partial charge in [-0.2, -0.15) is 31.6 Å². The number of alkyl halides is 4.